The Morgan fingerprint density at radius 3 is 2.53 bits per heavy atom. The average molecular weight is 237 g/mol. The van der Waals surface area contributed by atoms with Crippen LogP contribution in [0.3, 0.4) is 0 Å². The summed E-state index contributed by atoms with van der Waals surface area (Å²) in [5.74, 6) is -0.0166. The summed E-state index contributed by atoms with van der Waals surface area (Å²) in [4.78, 5) is 11.6. The SMILES string of the molecule is Cl.O=C(NC1CCCC1)[C@H]1C[C@H](F)CN1. The fraction of sp³-hybridized carbons (Fsp3) is 0.900. The average Bonchev–Trinajstić information content (AvgIpc) is 2.75. The van der Waals surface area contributed by atoms with Crippen molar-refractivity contribution in [3.8, 4) is 0 Å². The number of rotatable bonds is 2. The molecule has 15 heavy (non-hydrogen) atoms. The zero-order chi connectivity index (χ0) is 9.97. The third-order valence-electron chi connectivity index (χ3n) is 3.10. The maximum Gasteiger partial charge on any atom is 0.237 e. The Kier molecular flexibility index (Phi) is 4.80. The molecule has 0 bridgehead atoms. The zero-order valence-electron chi connectivity index (χ0n) is 8.67. The first-order valence-corrected chi connectivity index (χ1v) is 5.43. The Morgan fingerprint density at radius 1 is 1.33 bits per heavy atom. The van der Waals surface area contributed by atoms with Gasteiger partial charge in [0.15, 0.2) is 0 Å². The lowest BCUT2D eigenvalue weighted by Gasteiger charge is -2.15. The van der Waals surface area contributed by atoms with Crippen molar-refractivity contribution in [3.05, 3.63) is 0 Å². The molecule has 2 rings (SSSR count). The van der Waals surface area contributed by atoms with Crippen LogP contribution in [-0.4, -0.2) is 30.7 Å². The largest absolute Gasteiger partial charge is 0.352 e. The van der Waals surface area contributed by atoms with Gasteiger partial charge in [0, 0.05) is 19.0 Å². The molecule has 0 spiro atoms. The number of amides is 1. The van der Waals surface area contributed by atoms with Gasteiger partial charge in [0.05, 0.1) is 6.04 Å². The van der Waals surface area contributed by atoms with Crippen LogP contribution in [0.25, 0.3) is 0 Å². The number of hydrogen-bond donors (Lipinski definition) is 2. The van der Waals surface area contributed by atoms with Crippen molar-refractivity contribution in [2.45, 2.75) is 50.4 Å². The molecular weight excluding hydrogens is 219 g/mol. The van der Waals surface area contributed by atoms with Crippen LogP contribution >= 0.6 is 12.4 Å². The van der Waals surface area contributed by atoms with Crippen LogP contribution in [0.4, 0.5) is 4.39 Å². The molecule has 88 valence electrons. The Morgan fingerprint density at radius 2 is 2.00 bits per heavy atom. The lowest BCUT2D eigenvalue weighted by molar-refractivity contribution is -0.123. The molecular formula is C10H18ClFN2O. The van der Waals surface area contributed by atoms with E-state index in [0.29, 0.717) is 19.0 Å². The fourth-order valence-electron chi connectivity index (χ4n) is 2.26. The summed E-state index contributed by atoms with van der Waals surface area (Å²) in [5.41, 5.74) is 0. The van der Waals surface area contributed by atoms with Crippen LogP contribution in [0, 0.1) is 0 Å². The third kappa shape index (κ3) is 3.31. The molecule has 2 N–H and O–H groups in total. The van der Waals surface area contributed by atoms with Gasteiger partial charge in [-0.25, -0.2) is 4.39 Å². The smallest absolute Gasteiger partial charge is 0.237 e. The second-order valence-electron chi connectivity index (χ2n) is 4.28. The molecule has 1 amide bonds. The van der Waals surface area contributed by atoms with Crippen LogP contribution in [0.2, 0.25) is 0 Å². The molecule has 2 aliphatic rings. The quantitative estimate of drug-likeness (QED) is 0.756. The van der Waals surface area contributed by atoms with Gasteiger partial charge in [0.25, 0.3) is 0 Å². The number of nitrogens with one attached hydrogen (secondary N) is 2. The molecule has 0 aromatic heterocycles. The van der Waals surface area contributed by atoms with Crippen molar-refractivity contribution >= 4 is 18.3 Å². The number of alkyl halides is 1. The molecule has 0 radical (unpaired) electrons. The summed E-state index contributed by atoms with van der Waals surface area (Å²) in [6.45, 7) is 0.322. The molecule has 1 heterocycles. The van der Waals surface area contributed by atoms with Gasteiger partial charge in [-0.2, -0.15) is 0 Å². The topological polar surface area (TPSA) is 41.1 Å². The lowest BCUT2D eigenvalue weighted by Crippen LogP contribution is -2.44. The third-order valence-corrected chi connectivity index (χ3v) is 3.10. The highest BCUT2D eigenvalue weighted by molar-refractivity contribution is 5.85. The summed E-state index contributed by atoms with van der Waals surface area (Å²) in [5, 5.41) is 5.87. The Labute approximate surface area is 95.6 Å². The zero-order valence-corrected chi connectivity index (χ0v) is 9.49. The first kappa shape index (κ1) is 12.7. The van der Waals surface area contributed by atoms with E-state index >= 15 is 0 Å². The Balaban J connectivity index is 0.00000112. The van der Waals surface area contributed by atoms with Crippen LogP contribution in [-0.2, 0) is 4.79 Å². The van der Waals surface area contributed by atoms with Crippen molar-refractivity contribution in [2.75, 3.05) is 6.54 Å². The Bertz CT molecular complexity index is 221. The molecule has 1 aliphatic heterocycles. The van der Waals surface area contributed by atoms with E-state index in [2.05, 4.69) is 10.6 Å². The number of carbonyl (C=O) groups excluding carboxylic acids is 1. The van der Waals surface area contributed by atoms with Gasteiger partial charge in [-0.05, 0) is 12.8 Å². The van der Waals surface area contributed by atoms with Gasteiger partial charge in [0.1, 0.15) is 6.17 Å². The fourth-order valence-corrected chi connectivity index (χ4v) is 2.26. The minimum atomic E-state index is -0.852. The molecule has 0 unspecified atom stereocenters. The molecule has 2 atom stereocenters. The monoisotopic (exact) mass is 236 g/mol. The van der Waals surface area contributed by atoms with Crippen LogP contribution in [0.1, 0.15) is 32.1 Å². The van der Waals surface area contributed by atoms with E-state index in [1.165, 1.54) is 12.8 Å². The van der Waals surface area contributed by atoms with Crippen molar-refractivity contribution < 1.29 is 9.18 Å². The van der Waals surface area contributed by atoms with E-state index < -0.39 is 6.17 Å². The minimum Gasteiger partial charge on any atom is -0.352 e. The molecule has 0 aromatic carbocycles. The van der Waals surface area contributed by atoms with E-state index in [4.69, 9.17) is 0 Å². The molecule has 1 aliphatic carbocycles. The first-order valence-electron chi connectivity index (χ1n) is 5.43. The second-order valence-corrected chi connectivity index (χ2v) is 4.28. The number of halogens is 2. The van der Waals surface area contributed by atoms with E-state index in [9.17, 15) is 9.18 Å². The molecule has 3 nitrogen and oxygen atoms in total. The maximum atomic E-state index is 12.8. The van der Waals surface area contributed by atoms with Gasteiger partial charge in [-0.15, -0.1) is 12.4 Å². The first-order chi connectivity index (χ1) is 6.75. The predicted molar refractivity (Wildman–Crippen MR) is 59.0 cm³/mol. The molecule has 5 heteroatoms. The van der Waals surface area contributed by atoms with Crippen molar-refractivity contribution in [1.82, 2.24) is 10.6 Å². The molecule has 0 aromatic rings. The molecule has 2 fully saturated rings. The molecule has 1 saturated carbocycles. The van der Waals surface area contributed by atoms with Gasteiger partial charge in [-0.3, -0.25) is 4.79 Å². The van der Waals surface area contributed by atoms with E-state index in [1.807, 2.05) is 0 Å². The summed E-state index contributed by atoms with van der Waals surface area (Å²) in [6.07, 6.45) is 4.05. The van der Waals surface area contributed by atoms with Crippen LogP contribution in [0.5, 0.6) is 0 Å². The lowest BCUT2D eigenvalue weighted by atomic mass is 10.2. The van der Waals surface area contributed by atoms with Gasteiger partial charge >= 0.3 is 0 Å². The summed E-state index contributed by atoms with van der Waals surface area (Å²) in [6, 6.07) is 0.0357. The Hall–Kier alpha value is -0.350. The minimum absolute atomic E-state index is 0. The van der Waals surface area contributed by atoms with E-state index in [1.54, 1.807) is 0 Å². The summed E-state index contributed by atoms with van der Waals surface area (Å²) >= 11 is 0. The van der Waals surface area contributed by atoms with Crippen LogP contribution < -0.4 is 10.6 Å². The highest BCUT2D eigenvalue weighted by Crippen LogP contribution is 2.18. The number of carbonyl (C=O) groups is 1. The summed E-state index contributed by atoms with van der Waals surface area (Å²) in [7, 11) is 0. The van der Waals surface area contributed by atoms with Crippen molar-refractivity contribution in [2.24, 2.45) is 0 Å². The summed E-state index contributed by atoms with van der Waals surface area (Å²) < 4.78 is 12.8. The standard InChI is InChI=1S/C10H17FN2O.ClH/c11-7-5-9(12-6-7)10(14)13-8-3-1-2-4-8;/h7-9,12H,1-6H2,(H,13,14);1H/t7-,9+;/m0./s1. The second kappa shape index (κ2) is 5.66. The van der Waals surface area contributed by atoms with Crippen LogP contribution in [0.15, 0.2) is 0 Å². The van der Waals surface area contributed by atoms with E-state index in [0.717, 1.165) is 12.8 Å². The predicted octanol–water partition coefficient (Wildman–Crippen LogP) is 1.17. The van der Waals surface area contributed by atoms with E-state index in [-0.39, 0.29) is 24.4 Å². The van der Waals surface area contributed by atoms with Gasteiger partial charge in [-0.1, -0.05) is 12.8 Å². The normalized spacial score (nSPS) is 31.3. The van der Waals surface area contributed by atoms with Gasteiger partial charge in [0.2, 0.25) is 5.91 Å². The van der Waals surface area contributed by atoms with Gasteiger partial charge < -0.3 is 10.6 Å². The molecule has 1 saturated heterocycles. The highest BCUT2D eigenvalue weighted by atomic mass is 35.5. The highest BCUT2D eigenvalue weighted by Gasteiger charge is 2.30. The number of hydrogen-bond acceptors (Lipinski definition) is 2. The maximum absolute atomic E-state index is 12.8. The van der Waals surface area contributed by atoms with Crippen molar-refractivity contribution in [3.63, 3.8) is 0 Å². The van der Waals surface area contributed by atoms with Crippen molar-refractivity contribution in [1.29, 1.82) is 0 Å².